The summed E-state index contributed by atoms with van der Waals surface area (Å²) in [5, 5.41) is 5.27. The number of rotatable bonds is 5. The zero-order valence-electron chi connectivity index (χ0n) is 7.75. The lowest BCUT2D eigenvalue weighted by Gasteiger charge is -2.00. The zero-order chi connectivity index (χ0) is 9.97. The smallest absolute Gasteiger partial charge is 0.175 e. The largest absolute Gasteiger partial charge is 0.314 e. The summed E-state index contributed by atoms with van der Waals surface area (Å²) in [6.45, 7) is 0.813. The first-order chi connectivity index (χ1) is 6.77. The molecule has 1 aliphatic carbocycles. The molecular weight excluding hydrogens is 262 g/mol. The van der Waals surface area contributed by atoms with E-state index in [-0.39, 0.29) is 5.78 Å². The second kappa shape index (κ2) is 4.55. The summed E-state index contributed by atoms with van der Waals surface area (Å²) in [6.07, 6.45) is 3.16. The number of carbonyl (C=O) groups excluding carboxylic acids is 1. The number of halogens is 1. The van der Waals surface area contributed by atoms with Gasteiger partial charge in [-0.1, -0.05) is 0 Å². The van der Waals surface area contributed by atoms with E-state index >= 15 is 0 Å². The van der Waals surface area contributed by atoms with E-state index < -0.39 is 0 Å². The van der Waals surface area contributed by atoms with Crippen LogP contribution in [0.1, 0.15) is 28.9 Å². The second-order valence-electron chi connectivity index (χ2n) is 3.50. The Kier molecular flexibility index (Phi) is 3.36. The van der Waals surface area contributed by atoms with Gasteiger partial charge in [0.2, 0.25) is 0 Å². The van der Waals surface area contributed by atoms with Gasteiger partial charge in [-0.3, -0.25) is 4.79 Å². The van der Waals surface area contributed by atoms with Crippen molar-refractivity contribution in [1.82, 2.24) is 5.32 Å². The second-order valence-corrected chi connectivity index (χ2v) is 5.27. The van der Waals surface area contributed by atoms with Gasteiger partial charge in [0, 0.05) is 23.5 Å². The number of ketones is 1. The quantitative estimate of drug-likeness (QED) is 0.836. The van der Waals surface area contributed by atoms with E-state index in [2.05, 4.69) is 21.2 Å². The topological polar surface area (TPSA) is 29.1 Å². The molecule has 1 N–H and O–H groups in total. The number of hydrogen-bond donors (Lipinski definition) is 1. The number of nitrogens with one attached hydrogen (secondary N) is 1. The molecule has 76 valence electrons. The van der Waals surface area contributed by atoms with E-state index in [1.807, 2.05) is 11.4 Å². The van der Waals surface area contributed by atoms with Crippen LogP contribution in [-0.2, 0) is 0 Å². The zero-order valence-corrected chi connectivity index (χ0v) is 10.2. The van der Waals surface area contributed by atoms with E-state index in [4.69, 9.17) is 0 Å². The van der Waals surface area contributed by atoms with Gasteiger partial charge < -0.3 is 5.32 Å². The van der Waals surface area contributed by atoms with Crippen molar-refractivity contribution in [1.29, 1.82) is 0 Å². The van der Waals surface area contributed by atoms with Gasteiger partial charge in [0.25, 0.3) is 0 Å². The van der Waals surface area contributed by atoms with Gasteiger partial charge in [0.05, 0.1) is 4.88 Å². The van der Waals surface area contributed by atoms with E-state index in [1.165, 1.54) is 24.2 Å². The fourth-order valence-electron chi connectivity index (χ4n) is 1.28. The molecule has 0 bridgehead atoms. The van der Waals surface area contributed by atoms with Crippen molar-refractivity contribution in [2.24, 2.45) is 0 Å². The van der Waals surface area contributed by atoms with Crippen LogP contribution in [0.2, 0.25) is 0 Å². The minimum Gasteiger partial charge on any atom is -0.314 e. The number of hydrogen-bond acceptors (Lipinski definition) is 3. The maximum Gasteiger partial charge on any atom is 0.175 e. The summed E-state index contributed by atoms with van der Waals surface area (Å²) in [5.41, 5.74) is 0. The molecule has 14 heavy (non-hydrogen) atoms. The van der Waals surface area contributed by atoms with E-state index in [0.29, 0.717) is 12.5 Å². The normalized spacial score (nSPS) is 15.8. The molecule has 2 nitrogen and oxygen atoms in total. The first-order valence-electron chi connectivity index (χ1n) is 4.77. The van der Waals surface area contributed by atoms with Crippen molar-refractivity contribution in [3.63, 3.8) is 0 Å². The summed E-state index contributed by atoms with van der Waals surface area (Å²) in [7, 11) is 0. The summed E-state index contributed by atoms with van der Waals surface area (Å²) >= 11 is 4.88. The third-order valence-electron chi connectivity index (χ3n) is 2.23. The fourth-order valence-corrected chi connectivity index (χ4v) is 2.85. The molecule has 1 aromatic rings. The van der Waals surface area contributed by atoms with Gasteiger partial charge in [0.1, 0.15) is 0 Å². The maximum absolute atomic E-state index is 11.7. The van der Waals surface area contributed by atoms with Crippen LogP contribution in [0.3, 0.4) is 0 Å². The molecule has 1 aromatic heterocycles. The highest BCUT2D eigenvalue weighted by molar-refractivity contribution is 9.10. The lowest BCUT2D eigenvalue weighted by atomic mass is 10.2. The minimum absolute atomic E-state index is 0.236. The van der Waals surface area contributed by atoms with Crippen LogP contribution >= 0.6 is 27.3 Å². The Hall–Kier alpha value is -0.190. The molecule has 0 aromatic carbocycles. The third-order valence-corrected chi connectivity index (χ3v) is 4.11. The Bertz CT molecular complexity index is 333. The van der Waals surface area contributed by atoms with Crippen LogP contribution in [0.25, 0.3) is 0 Å². The van der Waals surface area contributed by atoms with E-state index in [1.54, 1.807) is 0 Å². The van der Waals surface area contributed by atoms with Crippen LogP contribution in [0.15, 0.2) is 15.9 Å². The standard InChI is InChI=1S/C10H12BrNOS/c11-8-4-6-14-10(8)9(13)3-5-12-7-1-2-7/h4,6-7,12H,1-3,5H2. The van der Waals surface area contributed by atoms with Gasteiger partial charge >= 0.3 is 0 Å². The summed E-state index contributed by atoms with van der Waals surface area (Å²) in [4.78, 5) is 12.5. The lowest BCUT2D eigenvalue weighted by molar-refractivity contribution is 0.0986. The lowest BCUT2D eigenvalue weighted by Crippen LogP contribution is -2.20. The first-order valence-corrected chi connectivity index (χ1v) is 6.44. The highest BCUT2D eigenvalue weighted by atomic mass is 79.9. The van der Waals surface area contributed by atoms with Crippen LogP contribution in [-0.4, -0.2) is 18.4 Å². The Labute approximate surface area is 95.8 Å². The minimum atomic E-state index is 0.236. The van der Waals surface area contributed by atoms with Gasteiger partial charge in [-0.25, -0.2) is 0 Å². The predicted molar refractivity (Wildman–Crippen MR) is 62.0 cm³/mol. The van der Waals surface area contributed by atoms with Gasteiger partial charge in [-0.15, -0.1) is 11.3 Å². The molecule has 1 saturated carbocycles. The maximum atomic E-state index is 11.7. The molecule has 0 saturated heterocycles. The van der Waals surface area contributed by atoms with E-state index in [0.717, 1.165) is 15.9 Å². The van der Waals surface area contributed by atoms with Crippen molar-refractivity contribution in [3.05, 3.63) is 20.8 Å². The molecule has 2 rings (SSSR count). The summed E-state index contributed by atoms with van der Waals surface area (Å²) in [5.74, 6) is 0.236. The highest BCUT2D eigenvalue weighted by Crippen LogP contribution is 2.24. The summed E-state index contributed by atoms with van der Waals surface area (Å²) < 4.78 is 0.930. The fraction of sp³-hybridized carbons (Fsp3) is 0.500. The van der Waals surface area contributed by atoms with Crippen molar-refractivity contribution in [2.75, 3.05) is 6.54 Å². The third kappa shape index (κ3) is 2.65. The van der Waals surface area contributed by atoms with Crippen molar-refractivity contribution in [3.8, 4) is 0 Å². The molecule has 0 amide bonds. The molecule has 0 atom stereocenters. The molecule has 1 aliphatic rings. The molecular formula is C10H12BrNOS. The monoisotopic (exact) mass is 273 g/mol. The number of thiophene rings is 1. The predicted octanol–water partition coefficient (Wildman–Crippen LogP) is 2.84. The molecule has 0 unspecified atom stereocenters. The number of Topliss-reactive ketones (excluding diaryl/α,β-unsaturated/α-hetero) is 1. The average molecular weight is 274 g/mol. The Morgan fingerprint density at radius 1 is 1.64 bits per heavy atom. The Balaban J connectivity index is 1.79. The van der Waals surface area contributed by atoms with Crippen LogP contribution < -0.4 is 5.32 Å². The van der Waals surface area contributed by atoms with Crippen molar-refractivity contribution < 1.29 is 4.79 Å². The van der Waals surface area contributed by atoms with Gasteiger partial charge in [0.15, 0.2) is 5.78 Å². The average Bonchev–Trinajstić information content (AvgIpc) is 2.87. The van der Waals surface area contributed by atoms with Crippen LogP contribution in [0, 0.1) is 0 Å². The van der Waals surface area contributed by atoms with Gasteiger partial charge in [-0.2, -0.15) is 0 Å². The van der Waals surface area contributed by atoms with Crippen LogP contribution in [0.5, 0.6) is 0 Å². The SMILES string of the molecule is O=C(CCNC1CC1)c1sccc1Br. The molecule has 0 aliphatic heterocycles. The molecule has 0 spiro atoms. The summed E-state index contributed by atoms with van der Waals surface area (Å²) in [6, 6.07) is 2.61. The van der Waals surface area contributed by atoms with Crippen molar-refractivity contribution in [2.45, 2.75) is 25.3 Å². The van der Waals surface area contributed by atoms with E-state index in [9.17, 15) is 4.79 Å². The van der Waals surface area contributed by atoms with Crippen LogP contribution in [0.4, 0.5) is 0 Å². The first kappa shape index (κ1) is 10.3. The Morgan fingerprint density at radius 2 is 2.43 bits per heavy atom. The molecule has 1 fully saturated rings. The Morgan fingerprint density at radius 3 is 3.00 bits per heavy atom. The highest BCUT2D eigenvalue weighted by Gasteiger charge is 2.20. The molecule has 4 heteroatoms. The van der Waals surface area contributed by atoms with Gasteiger partial charge in [-0.05, 0) is 40.2 Å². The molecule has 0 radical (unpaired) electrons. The molecule has 1 heterocycles. The van der Waals surface area contributed by atoms with Crippen molar-refractivity contribution >= 4 is 33.0 Å². The number of carbonyl (C=O) groups is 1.